The molecule has 178 valence electrons. The van der Waals surface area contributed by atoms with E-state index in [4.69, 9.17) is 4.74 Å². The lowest BCUT2D eigenvalue weighted by Gasteiger charge is -2.27. The molecule has 2 aromatic carbocycles. The Morgan fingerprint density at radius 2 is 1.70 bits per heavy atom. The van der Waals surface area contributed by atoms with Gasteiger partial charge in [-0.1, -0.05) is 17.7 Å². The molecule has 0 aromatic heterocycles. The summed E-state index contributed by atoms with van der Waals surface area (Å²) in [5.41, 5.74) is 1.99. The third kappa shape index (κ3) is 7.48. The number of carbonyl (C=O) groups is 2. The first-order chi connectivity index (χ1) is 15.7. The van der Waals surface area contributed by atoms with Crippen LogP contribution in [0.15, 0.2) is 53.4 Å². The summed E-state index contributed by atoms with van der Waals surface area (Å²) in [6, 6.07) is 14.4. The van der Waals surface area contributed by atoms with Gasteiger partial charge in [-0.2, -0.15) is 0 Å². The summed E-state index contributed by atoms with van der Waals surface area (Å²) >= 11 is 1.62. The number of nitrogens with one attached hydrogen (secondary N) is 1. The van der Waals surface area contributed by atoms with Gasteiger partial charge in [-0.25, -0.2) is 8.42 Å². The molecule has 1 aliphatic rings. The lowest BCUT2D eigenvalue weighted by Crippen LogP contribution is -2.41. The minimum Gasteiger partial charge on any atom is -0.378 e. The van der Waals surface area contributed by atoms with Crippen LogP contribution in [-0.4, -0.2) is 76.5 Å². The SMILES string of the molecule is Cc1ccc(SCCNC(=O)CN(c2ccc(C(=O)N3CCOCC3)cc2)S(C)(=O)=O)cc1. The Bertz CT molecular complexity index is 1050. The van der Waals surface area contributed by atoms with Gasteiger partial charge in [-0.15, -0.1) is 11.8 Å². The number of morpholine rings is 1. The third-order valence-electron chi connectivity index (χ3n) is 5.10. The van der Waals surface area contributed by atoms with Crippen molar-refractivity contribution in [2.45, 2.75) is 11.8 Å². The van der Waals surface area contributed by atoms with Crippen molar-refractivity contribution in [3.05, 3.63) is 59.7 Å². The smallest absolute Gasteiger partial charge is 0.254 e. The third-order valence-corrected chi connectivity index (χ3v) is 7.26. The molecular formula is C23H29N3O5S2. The van der Waals surface area contributed by atoms with E-state index in [2.05, 4.69) is 5.32 Å². The zero-order valence-electron chi connectivity index (χ0n) is 18.8. The van der Waals surface area contributed by atoms with Gasteiger partial charge < -0.3 is 15.0 Å². The normalized spacial score (nSPS) is 14.1. The van der Waals surface area contributed by atoms with Crippen LogP contribution >= 0.6 is 11.8 Å². The van der Waals surface area contributed by atoms with Crippen LogP contribution in [0.5, 0.6) is 0 Å². The maximum absolute atomic E-state index is 12.6. The molecule has 8 nitrogen and oxygen atoms in total. The molecule has 2 aromatic rings. The van der Waals surface area contributed by atoms with Crippen LogP contribution in [0, 0.1) is 6.92 Å². The Labute approximate surface area is 199 Å². The molecule has 1 saturated heterocycles. The van der Waals surface area contributed by atoms with E-state index in [1.54, 1.807) is 40.9 Å². The van der Waals surface area contributed by atoms with Gasteiger partial charge in [0.15, 0.2) is 0 Å². The fraction of sp³-hybridized carbons (Fsp3) is 0.391. The number of amides is 2. The largest absolute Gasteiger partial charge is 0.378 e. The second kappa shape index (κ2) is 11.5. The first kappa shape index (κ1) is 25.1. The molecule has 3 rings (SSSR count). The van der Waals surface area contributed by atoms with Crippen LogP contribution < -0.4 is 9.62 Å². The number of sulfonamides is 1. The average molecular weight is 492 g/mol. The number of hydrogen-bond acceptors (Lipinski definition) is 6. The van der Waals surface area contributed by atoms with Crippen molar-refractivity contribution >= 4 is 39.3 Å². The molecule has 0 saturated carbocycles. The highest BCUT2D eigenvalue weighted by Gasteiger charge is 2.22. The summed E-state index contributed by atoms with van der Waals surface area (Å²) in [6.07, 6.45) is 1.06. The minimum absolute atomic E-state index is 0.125. The monoisotopic (exact) mass is 491 g/mol. The quantitative estimate of drug-likeness (QED) is 0.427. The van der Waals surface area contributed by atoms with Crippen molar-refractivity contribution < 1.29 is 22.7 Å². The molecular weight excluding hydrogens is 462 g/mol. The number of carbonyl (C=O) groups excluding carboxylic acids is 2. The molecule has 1 heterocycles. The van der Waals surface area contributed by atoms with Gasteiger partial charge in [-0.3, -0.25) is 13.9 Å². The van der Waals surface area contributed by atoms with Crippen LogP contribution in [0.1, 0.15) is 15.9 Å². The van der Waals surface area contributed by atoms with Gasteiger partial charge in [0.05, 0.1) is 25.2 Å². The standard InChI is InChI=1S/C23H29N3O5S2/c1-18-3-9-21(10-4-18)32-16-11-24-22(27)17-26(33(2,29)30)20-7-5-19(6-8-20)23(28)25-12-14-31-15-13-25/h3-10H,11-17H2,1-2H3,(H,24,27). The number of aryl methyl sites for hydroxylation is 1. The zero-order valence-corrected chi connectivity index (χ0v) is 20.5. The average Bonchev–Trinajstić information content (AvgIpc) is 2.81. The number of rotatable bonds is 9. The predicted octanol–water partition coefficient (Wildman–Crippen LogP) is 2.14. The topological polar surface area (TPSA) is 96.0 Å². The molecule has 0 spiro atoms. The molecule has 1 N–H and O–H groups in total. The highest BCUT2D eigenvalue weighted by Crippen LogP contribution is 2.20. The number of ether oxygens (including phenoxy) is 1. The summed E-state index contributed by atoms with van der Waals surface area (Å²) in [4.78, 5) is 27.8. The summed E-state index contributed by atoms with van der Waals surface area (Å²) in [5, 5.41) is 2.77. The highest BCUT2D eigenvalue weighted by atomic mass is 32.2. The summed E-state index contributed by atoms with van der Waals surface area (Å²) in [7, 11) is -3.69. The van der Waals surface area contributed by atoms with Crippen molar-refractivity contribution in [2.24, 2.45) is 0 Å². The number of anilines is 1. The van der Waals surface area contributed by atoms with E-state index in [0.717, 1.165) is 15.5 Å². The lowest BCUT2D eigenvalue weighted by molar-refractivity contribution is -0.119. The van der Waals surface area contributed by atoms with Gasteiger partial charge in [0.1, 0.15) is 6.54 Å². The number of benzene rings is 2. The molecule has 0 unspecified atom stereocenters. The van der Waals surface area contributed by atoms with Crippen LogP contribution in [0.4, 0.5) is 5.69 Å². The van der Waals surface area contributed by atoms with Crippen molar-refractivity contribution in [1.82, 2.24) is 10.2 Å². The number of thioether (sulfide) groups is 1. The van der Waals surface area contributed by atoms with E-state index in [1.807, 2.05) is 31.2 Å². The summed E-state index contributed by atoms with van der Waals surface area (Å²) in [6.45, 7) is 4.18. The van der Waals surface area contributed by atoms with Gasteiger partial charge >= 0.3 is 0 Å². The van der Waals surface area contributed by atoms with E-state index in [1.165, 1.54) is 5.56 Å². The van der Waals surface area contributed by atoms with Crippen molar-refractivity contribution in [1.29, 1.82) is 0 Å². The maximum atomic E-state index is 12.6. The molecule has 2 amide bonds. The Balaban J connectivity index is 1.56. The molecule has 1 aliphatic heterocycles. The summed E-state index contributed by atoms with van der Waals surface area (Å²) < 4.78 is 31.0. The Kier molecular flexibility index (Phi) is 8.76. The van der Waals surface area contributed by atoms with Crippen LogP contribution in [-0.2, 0) is 19.6 Å². The Hall–Kier alpha value is -2.56. The molecule has 10 heteroatoms. The molecule has 33 heavy (non-hydrogen) atoms. The number of nitrogens with zero attached hydrogens (tertiary/aromatic N) is 2. The van der Waals surface area contributed by atoms with Gasteiger partial charge in [0, 0.05) is 35.8 Å². The summed E-state index contributed by atoms with van der Waals surface area (Å²) in [5.74, 6) is 0.157. The molecule has 0 aliphatic carbocycles. The van der Waals surface area contributed by atoms with Gasteiger partial charge in [-0.05, 0) is 43.3 Å². The predicted molar refractivity (Wildman–Crippen MR) is 130 cm³/mol. The molecule has 0 radical (unpaired) electrons. The van der Waals surface area contributed by atoms with Gasteiger partial charge in [0.2, 0.25) is 15.9 Å². The second-order valence-electron chi connectivity index (χ2n) is 7.73. The minimum atomic E-state index is -3.69. The van der Waals surface area contributed by atoms with Crippen molar-refractivity contribution in [2.75, 3.05) is 55.7 Å². The fourth-order valence-electron chi connectivity index (χ4n) is 3.30. The first-order valence-corrected chi connectivity index (χ1v) is 13.5. The zero-order chi connectivity index (χ0) is 23.8. The van der Waals surface area contributed by atoms with E-state index in [-0.39, 0.29) is 12.5 Å². The first-order valence-electron chi connectivity index (χ1n) is 10.6. The second-order valence-corrected chi connectivity index (χ2v) is 10.8. The maximum Gasteiger partial charge on any atom is 0.254 e. The van der Waals surface area contributed by atoms with Crippen molar-refractivity contribution in [3.63, 3.8) is 0 Å². The van der Waals surface area contributed by atoms with Crippen molar-refractivity contribution in [3.8, 4) is 0 Å². The molecule has 0 bridgehead atoms. The van der Waals surface area contributed by atoms with E-state index in [9.17, 15) is 18.0 Å². The van der Waals surface area contributed by atoms with Crippen LogP contribution in [0.25, 0.3) is 0 Å². The van der Waals surface area contributed by atoms with E-state index < -0.39 is 15.9 Å². The van der Waals surface area contributed by atoms with Gasteiger partial charge in [0.25, 0.3) is 5.91 Å². The Morgan fingerprint density at radius 3 is 2.30 bits per heavy atom. The van der Waals surface area contributed by atoms with E-state index >= 15 is 0 Å². The molecule has 1 fully saturated rings. The molecule has 0 atom stereocenters. The fourth-order valence-corrected chi connectivity index (χ4v) is 4.92. The lowest BCUT2D eigenvalue weighted by atomic mass is 10.1. The van der Waals surface area contributed by atoms with E-state index in [0.29, 0.717) is 49.9 Å². The highest BCUT2D eigenvalue weighted by molar-refractivity contribution is 7.99. The number of hydrogen-bond donors (Lipinski definition) is 1. The van der Waals surface area contributed by atoms with Crippen LogP contribution in [0.2, 0.25) is 0 Å². The Morgan fingerprint density at radius 1 is 1.06 bits per heavy atom. The van der Waals surface area contributed by atoms with Crippen LogP contribution in [0.3, 0.4) is 0 Å².